The third kappa shape index (κ3) is 3.11. The van der Waals surface area contributed by atoms with Gasteiger partial charge in [0, 0.05) is 17.3 Å². The lowest BCUT2D eigenvalue weighted by Crippen LogP contribution is -2.54. The van der Waals surface area contributed by atoms with Crippen LogP contribution in [0.5, 0.6) is 0 Å². The number of fused-ring (bicyclic) bond motifs is 5. The van der Waals surface area contributed by atoms with Crippen molar-refractivity contribution < 1.29 is 34.1 Å². The summed E-state index contributed by atoms with van der Waals surface area (Å²) in [5, 5.41) is 30.4. The molecule has 4 rings (SSSR count). The van der Waals surface area contributed by atoms with Crippen LogP contribution in [0, 0.1) is 34.5 Å². The fraction of sp³-hybridized carbons (Fsp3) is 0.720. The molecule has 0 saturated heterocycles. The Kier molecular flexibility index (Phi) is 5.43. The molecule has 0 aromatic heterocycles. The van der Waals surface area contributed by atoms with Crippen LogP contribution < -0.4 is 0 Å². The summed E-state index contributed by atoms with van der Waals surface area (Å²) >= 11 is 0. The van der Waals surface area contributed by atoms with Crippen LogP contribution in [0.3, 0.4) is 0 Å². The molecule has 0 aliphatic heterocycles. The second kappa shape index (κ2) is 7.51. The molecule has 32 heavy (non-hydrogen) atoms. The lowest BCUT2D eigenvalue weighted by Gasteiger charge is -2.56. The second-order valence-electron chi connectivity index (χ2n) is 10.9. The molecular formula is C25H33FO6. The van der Waals surface area contributed by atoms with Gasteiger partial charge in [-0.25, -0.2) is 4.39 Å². The molecule has 2 fully saturated rings. The van der Waals surface area contributed by atoms with Crippen LogP contribution >= 0.6 is 0 Å². The first kappa shape index (κ1) is 23.1. The van der Waals surface area contributed by atoms with Gasteiger partial charge in [-0.05, 0) is 67.9 Å². The molecule has 0 amide bonds. The van der Waals surface area contributed by atoms with E-state index < -0.39 is 46.2 Å². The molecule has 2 saturated carbocycles. The predicted octanol–water partition coefficient (Wildman–Crippen LogP) is 3.93. The standard InChI is InChI=1S/C25H33FO6/c1-13-9-17-14-10-19(26)18-11-20(27)15(22(30)31)12-23(18,2)16(14)6-8-24(17,3)25(13,32)7-4-5-21(28)29/h6,11,13-15,17,19,32H,4-5,7-10,12H2,1-3H3,(H,28,29)(H,30,31)/t13-,14+,15?,17-,19-,23+,24-,25+/m0/s1. The Morgan fingerprint density at radius 3 is 2.50 bits per heavy atom. The average molecular weight is 449 g/mol. The highest BCUT2D eigenvalue weighted by Crippen LogP contribution is 2.68. The van der Waals surface area contributed by atoms with Crippen molar-refractivity contribution in [1.82, 2.24) is 0 Å². The Bertz CT molecular complexity index is 923. The Morgan fingerprint density at radius 2 is 1.88 bits per heavy atom. The van der Waals surface area contributed by atoms with Crippen LogP contribution in [0.2, 0.25) is 0 Å². The largest absolute Gasteiger partial charge is 0.481 e. The van der Waals surface area contributed by atoms with Gasteiger partial charge in [0.15, 0.2) is 5.78 Å². The molecule has 0 radical (unpaired) electrons. The summed E-state index contributed by atoms with van der Waals surface area (Å²) in [4.78, 5) is 35.0. The van der Waals surface area contributed by atoms with Crippen molar-refractivity contribution in [1.29, 1.82) is 0 Å². The minimum absolute atomic E-state index is 0.00365. The number of alkyl halides is 1. The van der Waals surface area contributed by atoms with Crippen LogP contribution in [0.15, 0.2) is 23.3 Å². The highest BCUT2D eigenvalue weighted by Gasteiger charge is 2.65. The van der Waals surface area contributed by atoms with Gasteiger partial charge >= 0.3 is 11.9 Å². The van der Waals surface area contributed by atoms with Crippen molar-refractivity contribution in [2.75, 3.05) is 0 Å². The molecular weight excluding hydrogens is 415 g/mol. The summed E-state index contributed by atoms with van der Waals surface area (Å²) in [7, 11) is 0. The molecule has 6 nitrogen and oxygen atoms in total. The topological polar surface area (TPSA) is 112 Å². The molecule has 0 spiro atoms. The smallest absolute Gasteiger partial charge is 0.314 e. The highest BCUT2D eigenvalue weighted by molar-refractivity contribution is 6.06. The molecule has 7 heteroatoms. The van der Waals surface area contributed by atoms with E-state index in [-0.39, 0.29) is 37.0 Å². The van der Waals surface area contributed by atoms with Crippen molar-refractivity contribution in [3.05, 3.63) is 23.3 Å². The van der Waals surface area contributed by atoms with E-state index in [1.54, 1.807) is 0 Å². The van der Waals surface area contributed by atoms with E-state index in [0.717, 1.165) is 5.57 Å². The Labute approximate surface area is 187 Å². The normalized spacial score (nSPS) is 45.3. The van der Waals surface area contributed by atoms with Gasteiger partial charge in [-0.3, -0.25) is 14.4 Å². The van der Waals surface area contributed by atoms with E-state index in [2.05, 4.69) is 6.08 Å². The summed E-state index contributed by atoms with van der Waals surface area (Å²) in [6.07, 6.45) is 4.34. The third-order valence-electron chi connectivity index (χ3n) is 9.43. The number of halogens is 1. The molecule has 0 aromatic rings. The summed E-state index contributed by atoms with van der Waals surface area (Å²) in [6.45, 7) is 5.90. The Hall–Kier alpha value is -2.02. The molecule has 0 aromatic carbocycles. The Morgan fingerprint density at radius 1 is 1.19 bits per heavy atom. The van der Waals surface area contributed by atoms with Crippen molar-refractivity contribution in [2.45, 2.75) is 77.5 Å². The maximum Gasteiger partial charge on any atom is 0.314 e. The fourth-order valence-electron chi connectivity index (χ4n) is 7.63. The number of carbonyl (C=O) groups is 3. The van der Waals surface area contributed by atoms with Gasteiger partial charge < -0.3 is 15.3 Å². The van der Waals surface area contributed by atoms with Crippen LogP contribution in [0.1, 0.15) is 65.7 Å². The van der Waals surface area contributed by atoms with Crippen LogP contribution in [0.25, 0.3) is 0 Å². The monoisotopic (exact) mass is 448 g/mol. The van der Waals surface area contributed by atoms with Crippen molar-refractivity contribution >= 4 is 17.7 Å². The molecule has 176 valence electrons. The first-order valence-electron chi connectivity index (χ1n) is 11.6. The number of hydrogen-bond donors (Lipinski definition) is 3. The predicted molar refractivity (Wildman–Crippen MR) is 114 cm³/mol. The van der Waals surface area contributed by atoms with E-state index in [4.69, 9.17) is 5.11 Å². The number of aliphatic hydroxyl groups is 1. The van der Waals surface area contributed by atoms with Gasteiger partial charge in [-0.1, -0.05) is 32.4 Å². The first-order chi connectivity index (χ1) is 14.8. The number of carbonyl (C=O) groups excluding carboxylic acids is 1. The lowest BCUT2D eigenvalue weighted by atomic mass is 9.49. The maximum absolute atomic E-state index is 15.5. The summed E-state index contributed by atoms with van der Waals surface area (Å²) < 4.78 is 15.5. The number of aliphatic carboxylic acids is 2. The highest BCUT2D eigenvalue weighted by atomic mass is 19.1. The quantitative estimate of drug-likeness (QED) is 0.434. The Balaban J connectivity index is 1.72. The number of allylic oxidation sites excluding steroid dienone is 4. The van der Waals surface area contributed by atoms with Crippen LogP contribution in [-0.2, 0) is 14.4 Å². The molecule has 0 heterocycles. The van der Waals surface area contributed by atoms with Crippen molar-refractivity contribution in [2.24, 2.45) is 34.5 Å². The summed E-state index contributed by atoms with van der Waals surface area (Å²) in [5.41, 5.74) is -0.944. The summed E-state index contributed by atoms with van der Waals surface area (Å²) in [5.74, 6) is -3.93. The summed E-state index contributed by atoms with van der Waals surface area (Å²) in [6, 6.07) is 0. The second-order valence-corrected chi connectivity index (χ2v) is 10.9. The zero-order chi connectivity index (χ0) is 23.6. The molecule has 4 aliphatic carbocycles. The minimum Gasteiger partial charge on any atom is -0.481 e. The molecule has 3 N–H and O–H groups in total. The number of carboxylic acid groups (broad SMARTS) is 2. The maximum atomic E-state index is 15.5. The minimum atomic E-state index is -1.32. The van der Waals surface area contributed by atoms with E-state index in [1.807, 2.05) is 20.8 Å². The van der Waals surface area contributed by atoms with E-state index in [0.29, 0.717) is 31.3 Å². The zero-order valence-corrected chi connectivity index (χ0v) is 18.9. The molecule has 8 atom stereocenters. The molecule has 0 bridgehead atoms. The molecule has 4 aliphatic rings. The number of ketones is 1. The lowest BCUT2D eigenvalue weighted by molar-refractivity contribution is -0.147. The number of carboxylic acids is 2. The van der Waals surface area contributed by atoms with Gasteiger partial charge in [-0.2, -0.15) is 0 Å². The average Bonchev–Trinajstić information content (AvgIpc) is 2.89. The first-order valence-corrected chi connectivity index (χ1v) is 11.6. The fourth-order valence-corrected chi connectivity index (χ4v) is 7.63. The van der Waals surface area contributed by atoms with Gasteiger partial charge in [0.2, 0.25) is 0 Å². The van der Waals surface area contributed by atoms with E-state index in [9.17, 15) is 24.6 Å². The third-order valence-corrected chi connectivity index (χ3v) is 9.43. The van der Waals surface area contributed by atoms with E-state index in [1.165, 1.54) is 6.08 Å². The zero-order valence-electron chi connectivity index (χ0n) is 18.9. The number of hydrogen-bond acceptors (Lipinski definition) is 4. The van der Waals surface area contributed by atoms with Gasteiger partial charge in [0.1, 0.15) is 12.1 Å². The van der Waals surface area contributed by atoms with Gasteiger partial charge in [0.25, 0.3) is 0 Å². The number of rotatable bonds is 5. The van der Waals surface area contributed by atoms with Crippen molar-refractivity contribution in [3.63, 3.8) is 0 Å². The SMILES string of the molecule is C[C@H]1C[C@H]2[C@@H]3C[C@H](F)C4=CC(=O)C(C(=O)O)C[C@]4(C)C3=CC[C@]2(C)[C@@]1(O)CCCC(=O)O. The van der Waals surface area contributed by atoms with Crippen LogP contribution in [0.4, 0.5) is 4.39 Å². The van der Waals surface area contributed by atoms with Crippen LogP contribution in [-0.4, -0.2) is 44.8 Å². The van der Waals surface area contributed by atoms with Crippen molar-refractivity contribution in [3.8, 4) is 0 Å². The molecule has 1 unspecified atom stereocenters. The van der Waals surface area contributed by atoms with Gasteiger partial charge in [-0.15, -0.1) is 0 Å². The van der Waals surface area contributed by atoms with E-state index >= 15 is 4.39 Å². The van der Waals surface area contributed by atoms with Gasteiger partial charge in [0.05, 0.1) is 5.60 Å².